The standard InChI is InChI=1S/C11H6ClN5O2/c12-8-1-2-9-15-7(6-17(9)16-8)11(18)19-10-5-13-3-4-14-10/h1-6H. The first-order valence-corrected chi connectivity index (χ1v) is 5.60. The summed E-state index contributed by atoms with van der Waals surface area (Å²) in [6.07, 6.45) is 5.67. The lowest BCUT2D eigenvalue weighted by Crippen LogP contribution is -2.09. The van der Waals surface area contributed by atoms with Gasteiger partial charge in [-0.15, -0.1) is 0 Å². The summed E-state index contributed by atoms with van der Waals surface area (Å²) in [4.78, 5) is 23.5. The lowest BCUT2D eigenvalue weighted by molar-refractivity contribution is 0.0721. The molecule has 3 aromatic heterocycles. The highest BCUT2D eigenvalue weighted by molar-refractivity contribution is 6.29. The SMILES string of the molecule is O=C(Oc1cnccn1)c1cn2nc(Cl)ccc2n1. The molecule has 0 aliphatic rings. The van der Waals surface area contributed by atoms with Crippen molar-refractivity contribution in [3.8, 4) is 5.88 Å². The molecule has 0 atom stereocenters. The van der Waals surface area contributed by atoms with Crippen LogP contribution >= 0.6 is 11.6 Å². The Bertz CT molecular complexity index is 743. The predicted molar refractivity (Wildman–Crippen MR) is 65.0 cm³/mol. The Morgan fingerprint density at radius 3 is 3.00 bits per heavy atom. The second-order valence-corrected chi connectivity index (χ2v) is 3.91. The maximum Gasteiger partial charge on any atom is 0.365 e. The average Bonchev–Trinajstić information content (AvgIpc) is 2.83. The fourth-order valence-electron chi connectivity index (χ4n) is 1.44. The van der Waals surface area contributed by atoms with Crippen molar-refractivity contribution < 1.29 is 9.53 Å². The molecule has 94 valence electrons. The molecular weight excluding hydrogens is 270 g/mol. The largest absolute Gasteiger partial charge is 0.401 e. The zero-order valence-electron chi connectivity index (χ0n) is 9.39. The van der Waals surface area contributed by atoms with Crippen LogP contribution in [0.1, 0.15) is 10.5 Å². The van der Waals surface area contributed by atoms with Gasteiger partial charge in [0.15, 0.2) is 11.3 Å². The van der Waals surface area contributed by atoms with Crippen LogP contribution in [-0.2, 0) is 0 Å². The summed E-state index contributed by atoms with van der Waals surface area (Å²) >= 11 is 5.74. The van der Waals surface area contributed by atoms with Crippen molar-refractivity contribution in [1.82, 2.24) is 24.6 Å². The Hall–Kier alpha value is -2.54. The first-order chi connectivity index (χ1) is 9.22. The number of nitrogens with zero attached hydrogens (tertiary/aromatic N) is 5. The monoisotopic (exact) mass is 275 g/mol. The molecule has 0 N–H and O–H groups in total. The van der Waals surface area contributed by atoms with Gasteiger partial charge < -0.3 is 4.74 Å². The topological polar surface area (TPSA) is 82.3 Å². The highest BCUT2D eigenvalue weighted by atomic mass is 35.5. The molecule has 8 heteroatoms. The number of fused-ring (bicyclic) bond motifs is 1. The number of aromatic nitrogens is 5. The lowest BCUT2D eigenvalue weighted by atomic mass is 10.5. The molecule has 0 amide bonds. The molecular formula is C11H6ClN5O2. The minimum absolute atomic E-state index is 0.107. The third-order valence-electron chi connectivity index (χ3n) is 2.23. The van der Waals surface area contributed by atoms with E-state index < -0.39 is 5.97 Å². The summed E-state index contributed by atoms with van der Waals surface area (Å²) in [5, 5.41) is 4.27. The molecule has 7 nitrogen and oxygen atoms in total. The van der Waals surface area contributed by atoms with Gasteiger partial charge in [-0.2, -0.15) is 5.10 Å². The number of hydrogen-bond donors (Lipinski definition) is 0. The van der Waals surface area contributed by atoms with Gasteiger partial charge in [0.2, 0.25) is 5.88 Å². The predicted octanol–water partition coefficient (Wildman–Crippen LogP) is 1.39. The van der Waals surface area contributed by atoms with Crippen LogP contribution in [0.5, 0.6) is 5.88 Å². The van der Waals surface area contributed by atoms with Crippen molar-refractivity contribution in [3.63, 3.8) is 0 Å². The van der Waals surface area contributed by atoms with Crippen LogP contribution in [0.4, 0.5) is 0 Å². The van der Waals surface area contributed by atoms with Crippen molar-refractivity contribution >= 4 is 23.2 Å². The van der Waals surface area contributed by atoms with Gasteiger partial charge in [0, 0.05) is 12.4 Å². The summed E-state index contributed by atoms with van der Waals surface area (Å²) < 4.78 is 6.41. The van der Waals surface area contributed by atoms with Gasteiger partial charge >= 0.3 is 5.97 Å². The molecule has 19 heavy (non-hydrogen) atoms. The molecule has 0 unspecified atom stereocenters. The smallest absolute Gasteiger partial charge is 0.365 e. The van der Waals surface area contributed by atoms with E-state index in [9.17, 15) is 4.79 Å². The van der Waals surface area contributed by atoms with E-state index in [1.54, 1.807) is 12.1 Å². The van der Waals surface area contributed by atoms with Gasteiger partial charge in [-0.25, -0.2) is 19.3 Å². The van der Waals surface area contributed by atoms with Crippen molar-refractivity contribution in [1.29, 1.82) is 0 Å². The number of ether oxygens (including phenoxy) is 1. The number of imidazole rings is 1. The third-order valence-corrected chi connectivity index (χ3v) is 2.43. The molecule has 3 aromatic rings. The van der Waals surface area contributed by atoms with E-state index in [4.69, 9.17) is 16.3 Å². The molecule has 0 aliphatic carbocycles. The van der Waals surface area contributed by atoms with E-state index >= 15 is 0 Å². The van der Waals surface area contributed by atoms with Crippen molar-refractivity contribution in [2.45, 2.75) is 0 Å². The Morgan fingerprint density at radius 1 is 1.32 bits per heavy atom. The second kappa shape index (κ2) is 4.62. The van der Waals surface area contributed by atoms with Gasteiger partial charge in [0.25, 0.3) is 0 Å². The highest BCUT2D eigenvalue weighted by Crippen LogP contribution is 2.10. The van der Waals surface area contributed by atoms with Gasteiger partial charge in [-0.3, -0.25) is 4.98 Å². The number of carbonyl (C=O) groups excluding carboxylic acids is 1. The van der Waals surface area contributed by atoms with Gasteiger partial charge in [-0.05, 0) is 12.1 Å². The van der Waals surface area contributed by atoms with E-state index in [1.165, 1.54) is 29.3 Å². The van der Waals surface area contributed by atoms with Crippen molar-refractivity contribution in [2.24, 2.45) is 0 Å². The van der Waals surface area contributed by atoms with Gasteiger partial charge in [0.05, 0.1) is 12.4 Å². The van der Waals surface area contributed by atoms with E-state index in [0.29, 0.717) is 10.8 Å². The Morgan fingerprint density at radius 2 is 2.21 bits per heavy atom. The number of rotatable bonds is 2. The zero-order valence-corrected chi connectivity index (χ0v) is 10.2. The van der Waals surface area contributed by atoms with Crippen LogP contribution in [0.15, 0.2) is 36.9 Å². The van der Waals surface area contributed by atoms with E-state index in [0.717, 1.165) is 0 Å². The van der Waals surface area contributed by atoms with Crippen molar-refractivity contribution in [2.75, 3.05) is 0 Å². The zero-order chi connectivity index (χ0) is 13.2. The highest BCUT2D eigenvalue weighted by Gasteiger charge is 2.14. The Labute approximate surface area is 111 Å². The van der Waals surface area contributed by atoms with Crippen LogP contribution < -0.4 is 4.74 Å². The summed E-state index contributed by atoms with van der Waals surface area (Å²) in [7, 11) is 0. The molecule has 0 saturated carbocycles. The first kappa shape index (κ1) is 11.5. The van der Waals surface area contributed by atoms with Crippen LogP contribution in [0, 0.1) is 0 Å². The number of carbonyl (C=O) groups is 1. The fourth-order valence-corrected chi connectivity index (χ4v) is 1.59. The molecule has 0 fully saturated rings. The summed E-state index contributed by atoms with van der Waals surface area (Å²) in [6, 6.07) is 3.23. The van der Waals surface area contributed by atoms with Crippen LogP contribution in [0.2, 0.25) is 5.15 Å². The van der Waals surface area contributed by atoms with E-state index in [1.807, 2.05) is 0 Å². The van der Waals surface area contributed by atoms with E-state index in [2.05, 4.69) is 20.1 Å². The minimum atomic E-state index is -0.637. The number of hydrogen-bond acceptors (Lipinski definition) is 6. The maximum absolute atomic E-state index is 11.8. The third kappa shape index (κ3) is 2.36. The molecule has 0 radical (unpaired) electrons. The summed E-state index contributed by atoms with van der Waals surface area (Å²) in [6.45, 7) is 0. The minimum Gasteiger partial charge on any atom is -0.401 e. The van der Waals surface area contributed by atoms with Gasteiger partial charge in [0.1, 0.15) is 5.15 Å². The lowest BCUT2D eigenvalue weighted by Gasteiger charge is -1.98. The van der Waals surface area contributed by atoms with Gasteiger partial charge in [-0.1, -0.05) is 11.6 Å². The Kier molecular flexibility index (Phi) is 2.81. The molecule has 3 rings (SSSR count). The maximum atomic E-state index is 11.8. The van der Waals surface area contributed by atoms with E-state index in [-0.39, 0.29) is 11.6 Å². The van der Waals surface area contributed by atoms with Crippen LogP contribution in [-0.4, -0.2) is 30.5 Å². The molecule has 3 heterocycles. The molecule has 0 saturated heterocycles. The quantitative estimate of drug-likeness (QED) is 0.657. The Balaban J connectivity index is 1.89. The summed E-state index contributed by atoms with van der Waals surface area (Å²) in [5.74, 6) is -0.530. The first-order valence-electron chi connectivity index (χ1n) is 5.22. The number of esters is 1. The molecule has 0 bridgehead atoms. The normalized spacial score (nSPS) is 10.6. The van der Waals surface area contributed by atoms with Crippen LogP contribution in [0.25, 0.3) is 5.65 Å². The molecule has 0 aliphatic heterocycles. The molecule has 0 spiro atoms. The summed E-state index contributed by atoms with van der Waals surface area (Å²) in [5.41, 5.74) is 0.607. The second-order valence-electron chi connectivity index (χ2n) is 3.52. The fraction of sp³-hybridized carbons (Fsp3) is 0. The molecule has 0 aromatic carbocycles. The van der Waals surface area contributed by atoms with Crippen molar-refractivity contribution in [3.05, 3.63) is 47.8 Å². The van der Waals surface area contributed by atoms with Crippen LogP contribution in [0.3, 0.4) is 0 Å². The number of halogens is 1. The average molecular weight is 276 g/mol.